The molecule has 1 aromatic rings. The summed E-state index contributed by atoms with van der Waals surface area (Å²) in [6, 6.07) is 6.51. The van der Waals surface area contributed by atoms with Crippen LogP contribution in [0.25, 0.3) is 0 Å². The first-order valence-corrected chi connectivity index (χ1v) is 7.07. The van der Waals surface area contributed by atoms with E-state index in [1.165, 1.54) is 6.07 Å². The normalized spacial score (nSPS) is 15.4. The smallest absolute Gasteiger partial charge is 0.222 e. The molecule has 1 fully saturated rings. The molecule has 0 atom stereocenters. The summed E-state index contributed by atoms with van der Waals surface area (Å²) in [6.07, 6.45) is 2.77. The van der Waals surface area contributed by atoms with Gasteiger partial charge in [0, 0.05) is 25.6 Å². The summed E-state index contributed by atoms with van der Waals surface area (Å²) in [4.78, 5) is 13.8. The number of benzene rings is 1. The predicted octanol–water partition coefficient (Wildman–Crippen LogP) is 2.36. The van der Waals surface area contributed by atoms with E-state index in [1.807, 2.05) is 4.90 Å². The van der Waals surface area contributed by atoms with E-state index in [2.05, 4.69) is 0 Å². The Kier molecular flexibility index (Phi) is 7.47. The van der Waals surface area contributed by atoms with Crippen LogP contribution >= 0.6 is 12.4 Å². The van der Waals surface area contributed by atoms with E-state index in [-0.39, 0.29) is 35.9 Å². The molecular formula is C15H22ClFN2O2. The molecule has 1 amide bonds. The Hall–Kier alpha value is -1.33. The van der Waals surface area contributed by atoms with Gasteiger partial charge in [0.2, 0.25) is 5.91 Å². The Balaban J connectivity index is 0.00000220. The molecule has 0 aromatic heterocycles. The number of hydrogen-bond donors (Lipinski definition) is 1. The first kappa shape index (κ1) is 17.7. The lowest BCUT2D eigenvalue weighted by atomic mass is 10.1. The largest absolute Gasteiger partial charge is 0.491 e. The van der Waals surface area contributed by atoms with Gasteiger partial charge in [0.1, 0.15) is 0 Å². The highest BCUT2D eigenvalue weighted by molar-refractivity contribution is 5.85. The standard InChI is InChI=1S/C15H21FN2O2.ClH/c16-13-4-1-2-5-14(13)20-11-3-6-15(19)18-9-7-12(17)8-10-18;/h1-2,4-5,12H,3,6-11,17H2;1H. The number of likely N-dealkylation sites (tertiary alicyclic amines) is 1. The number of halogens is 2. The third-order valence-electron chi connectivity index (χ3n) is 3.52. The fourth-order valence-corrected chi connectivity index (χ4v) is 2.27. The van der Waals surface area contributed by atoms with Gasteiger partial charge in [0.05, 0.1) is 6.61 Å². The van der Waals surface area contributed by atoms with Crippen molar-refractivity contribution >= 4 is 18.3 Å². The van der Waals surface area contributed by atoms with Crippen molar-refractivity contribution in [2.45, 2.75) is 31.7 Å². The second-order valence-electron chi connectivity index (χ2n) is 5.10. The fourth-order valence-electron chi connectivity index (χ4n) is 2.27. The minimum atomic E-state index is -0.371. The van der Waals surface area contributed by atoms with Crippen molar-refractivity contribution in [2.75, 3.05) is 19.7 Å². The van der Waals surface area contributed by atoms with Gasteiger partial charge in [-0.25, -0.2) is 4.39 Å². The van der Waals surface area contributed by atoms with Crippen molar-refractivity contribution in [3.63, 3.8) is 0 Å². The molecule has 0 spiro atoms. The SMILES string of the molecule is Cl.NC1CCN(C(=O)CCCOc2ccccc2F)CC1. The molecular weight excluding hydrogens is 295 g/mol. The molecule has 6 heteroatoms. The number of piperidine rings is 1. The number of ether oxygens (including phenoxy) is 1. The quantitative estimate of drug-likeness (QED) is 0.848. The molecule has 2 N–H and O–H groups in total. The summed E-state index contributed by atoms with van der Waals surface area (Å²) < 4.78 is 18.6. The Labute approximate surface area is 130 Å². The third-order valence-corrected chi connectivity index (χ3v) is 3.52. The molecule has 4 nitrogen and oxygen atoms in total. The van der Waals surface area contributed by atoms with E-state index in [0.717, 1.165) is 25.9 Å². The molecule has 118 valence electrons. The lowest BCUT2D eigenvalue weighted by Gasteiger charge is -2.30. The number of rotatable bonds is 5. The summed E-state index contributed by atoms with van der Waals surface area (Å²) in [6.45, 7) is 1.84. The zero-order valence-corrected chi connectivity index (χ0v) is 12.8. The maximum atomic E-state index is 13.3. The number of carbonyl (C=O) groups is 1. The lowest BCUT2D eigenvalue weighted by molar-refractivity contribution is -0.132. The van der Waals surface area contributed by atoms with Crippen LogP contribution in [0.15, 0.2) is 24.3 Å². The van der Waals surface area contributed by atoms with Crippen molar-refractivity contribution in [3.05, 3.63) is 30.1 Å². The van der Waals surface area contributed by atoms with Crippen LogP contribution in [0, 0.1) is 5.82 Å². The molecule has 1 aliphatic heterocycles. The Bertz CT molecular complexity index is 451. The molecule has 0 unspecified atom stereocenters. The summed E-state index contributed by atoms with van der Waals surface area (Å²) >= 11 is 0. The molecule has 0 radical (unpaired) electrons. The van der Waals surface area contributed by atoms with Gasteiger partial charge in [-0.15, -0.1) is 12.4 Å². The molecule has 0 saturated carbocycles. The van der Waals surface area contributed by atoms with Crippen molar-refractivity contribution in [3.8, 4) is 5.75 Å². The number of nitrogens with zero attached hydrogens (tertiary/aromatic N) is 1. The van der Waals surface area contributed by atoms with E-state index >= 15 is 0 Å². The van der Waals surface area contributed by atoms with Gasteiger partial charge in [-0.2, -0.15) is 0 Å². The van der Waals surface area contributed by atoms with Crippen molar-refractivity contribution < 1.29 is 13.9 Å². The van der Waals surface area contributed by atoms with Gasteiger partial charge in [0.15, 0.2) is 11.6 Å². The van der Waals surface area contributed by atoms with E-state index in [4.69, 9.17) is 10.5 Å². The number of carbonyl (C=O) groups excluding carboxylic acids is 1. The Morgan fingerprint density at radius 2 is 2.00 bits per heavy atom. The van der Waals surface area contributed by atoms with Crippen LogP contribution in [-0.2, 0) is 4.79 Å². The van der Waals surface area contributed by atoms with E-state index in [9.17, 15) is 9.18 Å². The van der Waals surface area contributed by atoms with Crippen LogP contribution in [-0.4, -0.2) is 36.5 Å². The molecule has 1 aliphatic rings. The Morgan fingerprint density at radius 3 is 2.67 bits per heavy atom. The van der Waals surface area contributed by atoms with Crippen LogP contribution in [0.5, 0.6) is 5.75 Å². The van der Waals surface area contributed by atoms with Gasteiger partial charge in [-0.05, 0) is 31.4 Å². The minimum Gasteiger partial charge on any atom is -0.491 e. The lowest BCUT2D eigenvalue weighted by Crippen LogP contribution is -2.42. The molecule has 1 saturated heterocycles. The first-order valence-electron chi connectivity index (χ1n) is 7.07. The zero-order valence-electron chi connectivity index (χ0n) is 12.0. The number of hydrogen-bond acceptors (Lipinski definition) is 3. The number of amides is 1. The maximum Gasteiger partial charge on any atom is 0.222 e. The molecule has 1 aromatic carbocycles. The van der Waals surface area contributed by atoms with E-state index in [0.29, 0.717) is 19.4 Å². The van der Waals surface area contributed by atoms with Gasteiger partial charge >= 0.3 is 0 Å². The van der Waals surface area contributed by atoms with Gasteiger partial charge in [0.25, 0.3) is 0 Å². The number of para-hydroxylation sites is 1. The highest BCUT2D eigenvalue weighted by Crippen LogP contribution is 2.16. The van der Waals surface area contributed by atoms with Crippen LogP contribution in [0.1, 0.15) is 25.7 Å². The predicted molar refractivity (Wildman–Crippen MR) is 82.2 cm³/mol. The van der Waals surface area contributed by atoms with E-state index in [1.54, 1.807) is 18.2 Å². The van der Waals surface area contributed by atoms with Crippen molar-refractivity contribution in [2.24, 2.45) is 5.73 Å². The van der Waals surface area contributed by atoms with Gasteiger partial charge < -0.3 is 15.4 Å². The summed E-state index contributed by atoms with van der Waals surface area (Å²) in [5.74, 6) is 0.00164. The zero-order chi connectivity index (χ0) is 14.4. The van der Waals surface area contributed by atoms with Crippen LogP contribution in [0.3, 0.4) is 0 Å². The fraction of sp³-hybridized carbons (Fsp3) is 0.533. The number of nitrogens with two attached hydrogens (primary N) is 1. The van der Waals surface area contributed by atoms with Gasteiger partial charge in [-0.1, -0.05) is 12.1 Å². The van der Waals surface area contributed by atoms with Crippen LogP contribution < -0.4 is 10.5 Å². The second-order valence-corrected chi connectivity index (χ2v) is 5.10. The average Bonchev–Trinajstić information content (AvgIpc) is 2.46. The van der Waals surface area contributed by atoms with Crippen molar-refractivity contribution in [1.29, 1.82) is 0 Å². The highest BCUT2D eigenvalue weighted by atomic mass is 35.5. The monoisotopic (exact) mass is 316 g/mol. The van der Waals surface area contributed by atoms with Crippen molar-refractivity contribution in [1.82, 2.24) is 4.90 Å². The summed E-state index contributed by atoms with van der Waals surface area (Å²) in [5, 5.41) is 0. The van der Waals surface area contributed by atoms with Crippen LogP contribution in [0.2, 0.25) is 0 Å². The van der Waals surface area contributed by atoms with E-state index < -0.39 is 0 Å². The van der Waals surface area contributed by atoms with Gasteiger partial charge in [-0.3, -0.25) is 4.79 Å². The molecule has 0 bridgehead atoms. The third kappa shape index (κ3) is 5.52. The summed E-state index contributed by atoms with van der Waals surface area (Å²) in [5.41, 5.74) is 5.80. The Morgan fingerprint density at radius 1 is 1.33 bits per heavy atom. The average molecular weight is 317 g/mol. The summed E-state index contributed by atoms with van der Waals surface area (Å²) in [7, 11) is 0. The molecule has 2 rings (SSSR count). The molecule has 0 aliphatic carbocycles. The molecule has 21 heavy (non-hydrogen) atoms. The minimum absolute atomic E-state index is 0. The highest BCUT2D eigenvalue weighted by Gasteiger charge is 2.19. The maximum absolute atomic E-state index is 13.3. The second kappa shape index (κ2) is 8.85. The molecule has 1 heterocycles. The topological polar surface area (TPSA) is 55.6 Å². The first-order chi connectivity index (χ1) is 9.66. The van der Waals surface area contributed by atoms with Crippen LogP contribution in [0.4, 0.5) is 4.39 Å².